The highest BCUT2D eigenvalue weighted by atomic mass is 16.5. The van der Waals surface area contributed by atoms with Crippen LogP contribution in [0.5, 0.6) is 5.75 Å². The second-order valence-electron chi connectivity index (χ2n) is 6.19. The average molecular weight is 305 g/mol. The van der Waals surface area contributed by atoms with Crippen LogP contribution in [0.2, 0.25) is 0 Å². The fraction of sp³-hybridized carbons (Fsp3) is 0.611. The Morgan fingerprint density at radius 2 is 1.91 bits per heavy atom. The molecule has 1 aromatic rings. The van der Waals surface area contributed by atoms with E-state index in [1.807, 2.05) is 12.1 Å². The molecule has 0 aliphatic heterocycles. The van der Waals surface area contributed by atoms with Gasteiger partial charge in [-0.05, 0) is 56.7 Å². The lowest BCUT2D eigenvalue weighted by molar-refractivity contribution is -0.142. The summed E-state index contributed by atoms with van der Waals surface area (Å²) in [6.07, 6.45) is 4.46. The van der Waals surface area contributed by atoms with Crippen LogP contribution in [0.3, 0.4) is 0 Å². The van der Waals surface area contributed by atoms with E-state index < -0.39 is 5.97 Å². The Balaban J connectivity index is 1.82. The minimum atomic E-state index is -0.644. The number of aliphatic carboxylic acids is 1. The zero-order valence-electron chi connectivity index (χ0n) is 13.5. The van der Waals surface area contributed by atoms with Gasteiger partial charge in [0.2, 0.25) is 0 Å². The maximum Gasteiger partial charge on any atom is 0.306 e. The largest absolute Gasteiger partial charge is 0.494 e. The summed E-state index contributed by atoms with van der Waals surface area (Å²) in [5, 5.41) is 12.7. The van der Waals surface area contributed by atoms with Gasteiger partial charge in [-0.3, -0.25) is 4.79 Å². The lowest BCUT2D eigenvalue weighted by atomic mass is 9.85. The molecule has 1 aromatic carbocycles. The van der Waals surface area contributed by atoms with Crippen LogP contribution in [0.1, 0.15) is 57.6 Å². The molecule has 0 amide bonds. The predicted molar refractivity (Wildman–Crippen MR) is 87.2 cm³/mol. The molecule has 2 rings (SSSR count). The van der Waals surface area contributed by atoms with Gasteiger partial charge < -0.3 is 15.2 Å². The molecule has 0 heterocycles. The van der Waals surface area contributed by atoms with E-state index in [2.05, 4.69) is 31.3 Å². The van der Waals surface area contributed by atoms with Crippen LogP contribution in [-0.2, 0) is 4.79 Å². The van der Waals surface area contributed by atoms with Crippen molar-refractivity contribution in [3.05, 3.63) is 29.8 Å². The Labute approximate surface area is 132 Å². The van der Waals surface area contributed by atoms with Gasteiger partial charge in [0.1, 0.15) is 5.75 Å². The lowest BCUT2D eigenvalue weighted by Crippen LogP contribution is -2.36. The van der Waals surface area contributed by atoms with Gasteiger partial charge >= 0.3 is 5.97 Å². The fourth-order valence-corrected chi connectivity index (χ4v) is 3.03. The summed E-state index contributed by atoms with van der Waals surface area (Å²) < 4.78 is 5.60. The van der Waals surface area contributed by atoms with Gasteiger partial charge in [-0.1, -0.05) is 19.1 Å². The molecule has 0 spiro atoms. The first-order chi connectivity index (χ1) is 10.6. The van der Waals surface area contributed by atoms with Gasteiger partial charge in [0.15, 0.2) is 0 Å². The highest BCUT2D eigenvalue weighted by Gasteiger charge is 2.26. The molecule has 1 aliphatic rings. The fourth-order valence-electron chi connectivity index (χ4n) is 3.03. The zero-order chi connectivity index (χ0) is 15.9. The topological polar surface area (TPSA) is 58.6 Å². The van der Waals surface area contributed by atoms with Crippen LogP contribution in [0.25, 0.3) is 0 Å². The van der Waals surface area contributed by atoms with Crippen LogP contribution in [0, 0.1) is 5.92 Å². The van der Waals surface area contributed by atoms with Crippen molar-refractivity contribution in [1.82, 2.24) is 5.32 Å². The van der Waals surface area contributed by atoms with Gasteiger partial charge in [0.05, 0.1) is 12.5 Å². The smallest absolute Gasteiger partial charge is 0.306 e. The highest BCUT2D eigenvalue weighted by Crippen LogP contribution is 2.26. The predicted octanol–water partition coefficient (Wildman–Crippen LogP) is 3.77. The van der Waals surface area contributed by atoms with E-state index in [4.69, 9.17) is 9.84 Å². The number of carbonyl (C=O) groups is 1. The molecule has 1 unspecified atom stereocenters. The van der Waals surface area contributed by atoms with Crippen molar-refractivity contribution in [3.63, 3.8) is 0 Å². The maximum atomic E-state index is 11.0. The number of carboxylic acids is 1. The number of benzene rings is 1. The minimum Gasteiger partial charge on any atom is -0.494 e. The molecule has 1 saturated carbocycles. The molecule has 2 N–H and O–H groups in total. The van der Waals surface area contributed by atoms with E-state index in [0.717, 1.165) is 44.5 Å². The summed E-state index contributed by atoms with van der Waals surface area (Å²) in [4.78, 5) is 11.0. The molecule has 1 atom stereocenters. The van der Waals surface area contributed by atoms with Crippen LogP contribution < -0.4 is 10.1 Å². The summed E-state index contributed by atoms with van der Waals surface area (Å²) in [5.74, 6) is 0.122. The van der Waals surface area contributed by atoms with Crippen LogP contribution in [-0.4, -0.2) is 23.7 Å². The average Bonchev–Trinajstić information content (AvgIpc) is 2.54. The first-order valence-corrected chi connectivity index (χ1v) is 8.31. The standard InChI is InChI=1S/C18H27NO3/c1-3-12-22-17-10-6-14(7-11-17)13(2)19-16-8-4-15(5-9-16)18(20)21/h6-7,10-11,13,15-16,19H,3-5,8-9,12H2,1-2H3,(H,20,21). The third-order valence-electron chi connectivity index (χ3n) is 4.42. The number of nitrogens with one attached hydrogen (secondary N) is 1. The van der Waals surface area contributed by atoms with Crippen molar-refractivity contribution in [2.75, 3.05) is 6.61 Å². The van der Waals surface area contributed by atoms with Crippen LogP contribution >= 0.6 is 0 Å². The molecular weight excluding hydrogens is 278 g/mol. The summed E-state index contributed by atoms with van der Waals surface area (Å²) in [5.41, 5.74) is 1.24. The first-order valence-electron chi connectivity index (χ1n) is 8.31. The van der Waals surface area contributed by atoms with E-state index >= 15 is 0 Å². The number of rotatable bonds is 7. The van der Waals surface area contributed by atoms with Gasteiger partial charge in [-0.25, -0.2) is 0 Å². The molecule has 0 bridgehead atoms. The third-order valence-corrected chi connectivity index (χ3v) is 4.42. The van der Waals surface area contributed by atoms with E-state index in [1.54, 1.807) is 0 Å². The Morgan fingerprint density at radius 1 is 1.27 bits per heavy atom. The Kier molecular flexibility index (Phi) is 6.25. The van der Waals surface area contributed by atoms with E-state index in [-0.39, 0.29) is 12.0 Å². The Hall–Kier alpha value is -1.55. The normalized spacial score (nSPS) is 23.0. The molecule has 122 valence electrons. The van der Waals surface area contributed by atoms with Crippen molar-refractivity contribution < 1.29 is 14.6 Å². The molecule has 4 heteroatoms. The number of hydrogen-bond acceptors (Lipinski definition) is 3. The molecule has 1 fully saturated rings. The van der Waals surface area contributed by atoms with Gasteiger partial charge in [-0.15, -0.1) is 0 Å². The molecule has 22 heavy (non-hydrogen) atoms. The Bertz CT molecular complexity index is 464. The number of carboxylic acid groups (broad SMARTS) is 1. The molecule has 1 aliphatic carbocycles. The highest BCUT2D eigenvalue weighted by molar-refractivity contribution is 5.70. The summed E-state index contributed by atoms with van der Waals surface area (Å²) in [7, 11) is 0. The monoisotopic (exact) mass is 305 g/mol. The van der Waals surface area contributed by atoms with Crippen molar-refractivity contribution in [3.8, 4) is 5.75 Å². The van der Waals surface area contributed by atoms with Crippen molar-refractivity contribution in [2.45, 2.75) is 58.0 Å². The maximum absolute atomic E-state index is 11.0. The van der Waals surface area contributed by atoms with Crippen LogP contribution in [0.15, 0.2) is 24.3 Å². The van der Waals surface area contributed by atoms with Gasteiger partial charge in [0.25, 0.3) is 0 Å². The minimum absolute atomic E-state index is 0.150. The molecule has 0 saturated heterocycles. The molecule has 4 nitrogen and oxygen atoms in total. The second-order valence-corrected chi connectivity index (χ2v) is 6.19. The van der Waals surface area contributed by atoms with Crippen LogP contribution in [0.4, 0.5) is 0 Å². The van der Waals surface area contributed by atoms with E-state index in [9.17, 15) is 4.79 Å². The number of ether oxygens (including phenoxy) is 1. The van der Waals surface area contributed by atoms with E-state index in [1.165, 1.54) is 5.56 Å². The van der Waals surface area contributed by atoms with Gasteiger partial charge in [0, 0.05) is 12.1 Å². The summed E-state index contributed by atoms with van der Waals surface area (Å²) in [6, 6.07) is 8.93. The van der Waals surface area contributed by atoms with Crippen molar-refractivity contribution >= 4 is 5.97 Å². The molecule has 0 aromatic heterocycles. The Morgan fingerprint density at radius 3 is 2.45 bits per heavy atom. The quantitative estimate of drug-likeness (QED) is 0.805. The molecule has 0 radical (unpaired) electrons. The summed E-state index contributed by atoms with van der Waals surface area (Å²) in [6.45, 7) is 5.00. The zero-order valence-corrected chi connectivity index (χ0v) is 13.5. The summed E-state index contributed by atoms with van der Waals surface area (Å²) >= 11 is 0. The van der Waals surface area contributed by atoms with Gasteiger partial charge in [-0.2, -0.15) is 0 Å². The third kappa shape index (κ3) is 4.73. The van der Waals surface area contributed by atoms with E-state index in [0.29, 0.717) is 6.04 Å². The lowest BCUT2D eigenvalue weighted by Gasteiger charge is -2.29. The van der Waals surface area contributed by atoms with Crippen molar-refractivity contribution in [1.29, 1.82) is 0 Å². The second kappa shape index (κ2) is 8.18. The number of hydrogen-bond donors (Lipinski definition) is 2. The molecular formula is C18H27NO3. The van der Waals surface area contributed by atoms with Crippen molar-refractivity contribution in [2.24, 2.45) is 5.92 Å². The first kappa shape index (κ1) is 16.8. The SMILES string of the molecule is CCCOc1ccc(C(C)NC2CCC(C(=O)O)CC2)cc1.